The third kappa shape index (κ3) is 27.2. The van der Waals surface area contributed by atoms with Crippen LogP contribution in [-0.4, -0.2) is 22.9 Å². The fourth-order valence-corrected chi connectivity index (χ4v) is 1.94. The number of aliphatic hydroxyl groups excluding tert-OH is 2. The fraction of sp³-hybridized carbons (Fsp3) is 1.00. The number of unbranched alkanes of at least 4 members (excludes halogenated alkanes) is 9. The molecule has 0 aromatic carbocycles. The summed E-state index contributed by atoms with van der Waals surface area (Å²) >= 11 is 0. The summed E-state index contributed by atoms with van der Waals surface area (Å²) in [6, 6.07) is 0. The van der Waals surface area contributed by atoms with Crippen molar-refractivity contribution in [2.24, 2.45) is 0 Å². The monoisotopic (exact) mass is 274 g/mol. The van der Waals surface area contributed by atoms with Crippen LogP contribution in [0.15, 0.2) is 0 Å². The van der Waals surface area contributed by atoms with Crippen molar-refractivity contribution < 1.29 is 10.2 Å². The Kier molecular flexibility index (Phi) is 22.6. The number of rotatable bonds is 12. The average Bonchev–Trinajstić information content (AvgIpc) is 2.39. The molecule has 0 aliphatic carbocycles. The van der Waals surface area contributed by atoms with Gasteiger partial charge in [0.2, 0.25) is 0 Å². The Labute approximate surface area is 121 Å². The summed E-state index contributed by atoms with van der Waals surface area (Å²) in [5, 5.41) is 17.3. The molecule has 2 nitrogen and oxygen atoms in total. The lowest BCUT2D eigenvalue weighted by molar-refractivity contribution is 0.180. The van der Waals surface area contributed by atoms with E-state index in [-0.39, 0.29) is 6.10 Å². The molecule has 1 unspecified atom stereocenters. The Bertz CT molecular complexity index is 127. The van der Waals surface area contributed by atoms with Crippen molar-refractivity contribution in [3.8, 4) is 0 Å². The lowest BCUT2D eigenvalue weighted by Gasteiger charge is -2.01. The maximum Gasteiger partial charge on any atom is 0.0512 e. The van der Waals surface area contributed by atoms with Crippen LogP contribution in [0.4, 0.5) is 0 Å². The van der Waals surface area contributed by atoms with E-state index in [2.05, 4.69) is 13.8 Å². The van der Waals surface area contributed by atoms with E-state index in [9.17, 15) is 0 Å². The smallest absolute Gasteiger partial charge is 0.0512 e. The van der Waals surface area contributed by atoms with E-state index >= 15 is 0 Å². The molecule has 0 fully saturated rings. The lowest BCUT2D eigenvalue weighted by Crippen LogP contribution is -1.97. The SMILES string of the molecule is CCCCCCC(C)O.CCCCCCCCCO. The molecule has 0 spiro atoms. The molecule has 0 radical (unpaired) electrons. The molecule has 0 saturated heterocycles. The first kappa shape index (κ1) is 21.2. The summed E-state index contributed by atoms with van der Waals surface area (Å²) in [4.78, 5) is 0. The molecule has 0 bridgehead atoms. The van der Waals surface area contributed by atoms with Crippen LogP contribution < -0.4 is 0 Å². The summed E-state index contributed by atoms with van der Waals surface area (Å²) in [5.41, 5.74) is 0. The molecule has 0 heterocycles. The molecule has 2 heteroatoms. The zero-order chi connectivity index (χ0) is 14.8. The number of hydrogen-bond acceptors (Lipinski definition) is 2. The summed E-state index contributed by atoms with van der Waals surface area (Å²) in [6.45, 7) is 6.65. The van der Waals surface area contributed by atoms with Gasteiger partial charge >= 0.3 is 0 Å². The van der Waals surface area contributed by atoms with Crippen molar-refractivity contribution >= 4 is 0 Å². The van der Waals surface area contributed by atoms with Crippen LogP contribution in [0.25, 0.3) is 0 Å². The van der Waals surface area contributed by atoms with Gasteiger partial charge in [-0.05, 0) is 19.8 Å². The molecule has 0 aliphatic rings. The van der Waals surface area contributed by atoms with Crippen LogP contribution in [0.5, 0.6) is 0 Å². The maximum absolute atomic E-state index is 8.85. The van der Waals surface area contributed by atoms with Crippen molar-refractivity contribution in [3.63, 3.8) is 0 Å². The largest absolute Gasteiger partial charge is 0.396 e. The van der Waals surface area contributed by atoms with Gasteiger partial charge in [-0.15, -0.1) is 0 Å². The average molecular weight is 274 g/mol. The minimum Gasteiger partial charge on any atom is -0.396 e. The van der Waals surface area contributed by atoms with E-state index in [1.807, 2.05) is 6.92 Å². The van der Waals surface area contributed by atoms with Gasteiger partial charge in [0.1, 0.15) is 0 Å². The quantitative estimate of drug-likeness (QED) is 0.488. The van der Waals surface area contributed by atoms with Crippen LogP contribution >= 0.6 is 0 Å². The second-order valence-corrected chi connectivity index (χ2v) is 5.54. The Balaban J connectivity index is 0. The van der Waals surface area contributed by atoms with Gasteiger partial charge in [0, 0.05) is 6.61 Å². The van der Waals surface area contributed by atoms with Gasteiger partial charge < -0.3 is 10.2 Å². The van der Waals surface area contributed by atoms with Gasteiger partial charge in [-0.3, -0.25) is 0 Å². The van der Waals surface area contributed by atoms with Crippen molar-refractivity contribution in [2.45, 2.75) is 104 Å². The van der Waals surface area contributed by atoms with Crippen LogP contribution in [0.2, 0.25) is 0 Å². The van der Waals surface area contributed by atoms with Crippen molar-refractivity contribution in [3.05, 3.63) is 0 Å². The lowest BCUT2D eigenvalue weighted by atomic mass is 10.1. The van der Waals surface area contributed by atoms with Crippen LogP contribution in [0.3, 0.4) is 0 Å². The first-order valence-corrected chi connectivity index (χ1v) is 8.47. The minimum atomic E-state index is -0.0955. The molecule has 0 rings (SSSR count). The number of aliphatic hydroxyl groups is 2. The molecule has 0 amide bonds. The van der Waals surface area contributed by atoms with E-state index in [0.29, 0.717) is 6.61 Å². The Morgan fingerprint density at radius 2 is 1.11 bits per heavy atom. The first-order valence-electron chi connectivity index (χ1n) is 8.47. The van der Waals surface area contributed by atoms with Gasteiger partial charge in [-0.2, -0.15) is 0 Å². The predicted molar refractivity (Wildman–Crippen MR) is 85.5 cm³/mol. The topological polar surface area (TPSA) is 40.5 Å². The molecular weight excluding hydrogens is 236 g/mol. The molecule has 19 heavy (non-hydrogen) atoms. The molecule has 0 saturated carbocycles. The van der Waals surface area contributed by atoms with E-state index in [0.717, 1.165) is 12.8 Å². The predicted octanol–water partition coefficient (Wildman–Crippen LogP) is 5.07. The van der Waals surface area contributed by atoms with Crippen molar-refractivity contribution in [2.75, 3.05) is 6.61 Å². The minimum absolute atomic E-state index is 0.0955. The Morgan fingerprint density at radius 3 is 1.53 bits per heavy atom. The van der Waals surface area contributed by atoms with E-state index in [1.54, 1.807) is 0 Å². The van der Waals surface area contributed by atoms with E-state index in [1.165, 1.54) is 64.2 Å². The highest BCUT2D eigenvalue weighted by atomic mass is 16.3. The fourth-order valence-electron chi connectivity index (χ4n) is 1.94. The number of hydrogen-bond donors (Lipinski definition) is 2. The first-order chi connectivity index (χ1) is 9.18. The standard InChI is InChI=1S/C9H20O.C8H18O/c1-2-3-4-5-6-7-8-9-10;1-3-4-5-6-7-8(2)9/h10H,2-9H2,1H3;8-9H,3-7H2,1-2H3. The molecule has 1 atom stereocenters. The highest BCUT2D eigenvalue weighted by Crippen LogP contribution is 2.06. The zero-order valence-electron chi connectivity index (χ0n) is 13.7. The highest BCUT2D eigenvalue weighted by Gasteiger charge is 1.93. The normalized spacial score (nSPS) is 11.8. The molecule has 118 valence electrons. The summed E-state index contributed by atoms with van der Waals surface area (Å²) < 4.78 is 0. The third-order valence-corrected chi connectivity index (χ3v) is 3.24. The highest BCUT2D eigenvalue weighted by molar-refractivity contribution is 4.47. The zero-order valence-corrected chi connectivity index (χ0v) is 13.7. The van der Waals surface area contributed by atoms with Gasteiger partial charge in [-0.25, -0.2) is 0 Å². The van der Waals surface area contributed by atoms with Crippen molar-refractivity contribution in [1.82, 2.24) is 0 Å². The molecule has 2 N–H and O–H groups in total. The Morgan fingerprint density at radius 1 is 0.684 bits per heavy atom. The van der Waals surface area contributed by atoms with Crippen LogP contribution in [0.1, 0.15) is 97.8 Å². The van der Waals surface area contributed by atoms with Gasteiger partial charge in [0.05, 0.1) is 6.10 Å². The maximum atomic E-state index is 8.85. The third-order valence-electron chi connectivity index (χ3n) is 3.24. The molecule has 0 aliphatic heterocycles. The summed E-state index contributed by atoms with van der Waals surface area (Å²) in [5.74, 6) is 0. The molecule has 0 aromatic heterocycles. The van der Waals surface area contributed by atoms with Crippen molar-refractivity contribution in [1.29, 1.82) is 0 Å². The molecule has 0 aromatic rings. The second kappa shape index (κ2) is 20.2. The van der Waals surface area contributed by atoms with Gasteiger partial charge in [0.15, 0.2) is 0 Å². The summed E-state index contributed by atoms with van der Waals surface area (Å²) in [6.07, 6.45) is 14.9. The Hall–Kier alpha value is -0.0800. The summed E-state index contributed by atoms with van der Waals surface area (Å²) in [7, 11) is 0. The van der Waals surface area contributed by atoms with Gasteiger partial charge in [-0.1, -0.05) is 78.1 Å². The van der Waals surface area contributed by atoms with E-state index < -0.39 is 0 Å². The van der Waals surface area contributed by atoms with Gasteiger partial charge in [0.25, 0.3) is 0 Å². The van der Waals surface area contributed by atoms with Crippen LogP contribution in [-0.2, 0) is 0 Å². The second-order valence-electron chi connectivity index (χ2n) is 5.54. The molecular formula is C17H38O2. The van der Waals surface area contributed by atoms with Crippen LogP contribution in [0, 0.1) is 0 Å². The van der Waals surface area contributed by atoms with E-state index in [4.69, 9.17) is 10.2 Å².